The van der Waals surface area contributed by atoms with Crippen LogP contribution in [0.4, 0.5) is 5.82 Å². The molecular weight excluding hydrogens is 414 g/mol. The van der Waals surface area contributed by atoms with E-state index >= 15 is 0 Å². The van der Waals surface area contributed by atoms with Gasteiger partial charge in [0.15, 0.2) is 17.3 Å². The third-order valence-electron chi connectivity index (χ3n) is 5.60. The quantitative estimate of drug-likeness (QED) is 0.599. The summed E-state index contributed by atoms with van der Waals surface area (Å²) >= 11 is 1.40. The van der Waals surface area contributed by atoms with Gasteiger partial charge in [0, 0.05) is 31.7 Å². The van der Waals surface area contributed by atoms with E-state index in [9.17, 15) is 5.26 Å². The molecule has 3 aromatic rings. The summed E-state index contributed by atoms with van der Waals surface area (Å²) in [6, 6.07) is 6.00. The summed E-state index contributed by atoms with van der Waals surface area (Å²) in [5.41, 5.74) is 1.70. The van der Waals surface area contributed by atoms with Crippen molar-refractivity contribution in [2.24, 2.45) is 0 Å². The summed E-state index contributed by atoms with van der Waals surface area (Å²) in [5.74, 6) is 3.04. The Morgan fingerprint density at radius 1 is 1.00 bits per heavy atom. The molecule has 0 spiro atoms. The maximum atomic E-state index is 9.58. The lowest BCUT2D eigenvalue weighted by atomic mass is 10.1. The van der Waals surface area contributed by atoms with Crippen LogP contribution in [0, 0.1) is 18.3 Å². The highest BCUT2D eigenvalue weighted by Gasteiger charge is 2.24. The number of nitrogens with zero attached hydrogens (tertiary/aromatic N) is 5. The molecule has 0 aliphatic carbocycles. The highest BCUT2D eigenvalue weighted by Crippen LogP contribution is 2.42. The zero-order valence-corrected chi connectivity index (χ0v) is 19.2. The molecule has 9 heteroatoms. The molecule has 0 N–H and O–H groups in total. The first kappa shape index (κ1) is 21.2. The molecule has 0 saturated carbocycles. The van der Waals surface area contributed by atoms with E-state index < -0.39 is 0 Å². The van der Waals surface area contributed by atoms with Crippen LogP contribution in [0.15, 0.2) is 12.1 Å². The maximum absolute atomic E-state index is 9.58. The Labute approximate surface area is 185 Å². The number of benzene rings is 1. The summed E-state index contributed by atoms with van der Waals surface area (Å²) in [4.78, 5) is 15.9. The first-order valence-electron chi connectivity index (χ1n) is 9.95. The molecule has 8 nitrogen and oxygen atoms in total. The van der Waals surface area contributed by atoms with Gasteiger partial charge in [-0.3, -0.25) is 0 Å². The summed E-state index contributed by atoms with van der Waals surface area (Å²) in [6.45, 7) is 5.63. The molecule has 1 aromatic carbocycles. The fourth-order valence-corrected chi connectivity index (χ4v) is 4.78. The minimum atomic E-state index is 0.521. The van der Waals surface area contributed by atoms with E-state index in [0.29, 0.717) is 28.0 Å². The second kappa shape index (κ2) is 8.57. The minimum Gasteiger partial charge on any atom is -0.493 e. The first-order chi connectivity index (χ1) is 15.0. The molecule has 0 amide bonds. The van der Waals surface area contributed by atoms with Gasteiger partial charge in [-0.05, 0) is 31.7 Å². The minimum absolute atomic E-state index is 0.521. The van der Waals surface area contributed by atoms with Crippen LogP contribution in [0.5, 0.6) is 17.2 Å². The van der Waals surface area contributed by atoms with E-state index in [-0.39, 0.29) is 0 Å². The van der Waals surface area contributed by atoms with Crippen LogP contribution in [0.2, 0.25) is 0 Å². The zero-order chi connectivity index (χ0) is 22.1. The van der Waals surface area contributed by atoms with Gasteiger partial charge in [-0.25, -0.2) is 9.97 Å². The Morgan fingerprint density at radius 2 is 1.65 bits per heavy atom. The Balaban J connectivity index is 1.93. The van der Waals surface area contributed by atoms with Crippen molar-refractivity contribution < 1.29 is 14.2 Å². The van der Waals surface area contributed by atoms with Crippen molar-refractivity contribution in [2.75, 3.05) is 59.5 Å². The normalized spacial score (nSPS) is 14.5. The van der Waals surface area contributed by atoms with E-state index in [1.165, 1.54) is 11.3 Å². The van der Waals surface area contributed by atoms with Gasteiger partial charge in [0.2, 0.25) is 5.75 Å². The van der Waals surface area contributed by atoms with E-state index in [1.807, 2.05) is 19.1 Å². The molecule has 0 unspecified atom stereocenters. The van der Waals surface area contributed by atoms with Gasteiger partial charge in [-0.1, -0.05) is 0 Å². The molecule has 31 heavy (non-hydrogen) atoms. The number of methoxy groups -OCH3 is 3. The van der Waals surface area contributed by atoms with Crippen molar-refractivity contribution in [1.29, 1.82) is 5.26 Å². The molecule has 0 bridgehead atoms. The van der Waals surface area contributed by atoms with Crippen molar-refractivity contribution in [1.82, 2.24) is 14.9 Å². The van der Waals surface area contributed by atoms with Gasteiger partial charge in [-0.2, -0.15) is 5.26 Å². The Hall–Kier alpha value is -3.09. The molecule has 1 aliphatic heterocycles. The van der Waals surface area contributed by atoms with Gasteiger partial charge < -0.3 is 24.0 Å². The van der Waals surface area contributed by atoms with Crippen molar-refractivity contribution in [3.63, 3.8) is 0 Å². The average Bonchev–Trinajstić information content (AvgIpc) is 3.13. The van der Waals surface area contributed by atoms with Crippen LogP contribution < -0.4 is 19.1 Å². The molecule has 1 saturated heterocycles. The van der Waals surface area contributed by atoms with Crippen molar-refractivity contribution in [3.8, 4) is 34.7 Å². The Bertz CT molecular complexity index is 1140. The number of ether oxygens (including phenoxy) is 3. The van der Waals surface area contributed by atoms with E-state index in [4.69, 9.17) is 24.2 Å². The smallest absolute Gasteiger partial charge is 0.203 e. The SMILES string of the molecule is COc1cc(-c2nc(N3CCN(C)CC3)c3c(C)c(C#N)sc3n2)cc(OC)c1OC. The number of aromatic nitrogens is 2. The van der Waals surface area contributed by atoms with Gasteiger partial charge in [0.1, 0.15) is 21.6 Å². The van der Waals surface area contributed by atoms with Gasteiger partial charge in [0.25, 0.3) is 0 Å². The van der Waals surface area contributed by atoms with E-state index in [0.717, 1.165) is 53.3 Å². The van der Waals surface area contributed by atoms with Crippen molar-refractivity contribution >= 4 is 27.4 Å². The maximum Gasteiger partial charge on any atom is 0.203 e. The molecule has 0 atom stereocenters. The van der Waals surface area contributed by atoms with E-state index in [2.05, 4.69) is 22.9 Å². The number of thiophene rings is 1. The second-order valence-electron chi connectivity index (χ2n) is 7.42. The van der Waals surface area contributed by atoms with Crippen LogP contribution in [-0.2, 0) is 0 Å². The first-order valence-corrected chi connectivity index (χ1v) is 10.8. The summed E-state index contributed by atoms with van der Waals surface area (Å²) in [6.07, 6.45) is 0. The number of nitriles is 1. The molecule has 1 fully saturated rings. The zero-order valence-electron chi connectivity index (χ0n) is 18.4. The number of rotatable bonds is 5. The summed E-state index contributed by atoms with van der Waals surface area (Å²) in [7, 11) is 6.87. The number of piperazine rings is 1. The van der Waals surface area contributed by atoms with E-state index in [1.54, 1.807) is 21.3 Å². The highest BCUT2D eigenvalue weighted by molar-refractivity contribution is 7.19. The molecule has 0 radical (unpaired) electrons. The third-order valence-corrected chi connectivity index (χ3v) is 6.69. The van der Waals surface area contributed by atoms with Crippen molar-refractivity contribution in [3.05, 3.63) is 22.6 Å². The van der Waals surface area contributed by atoms with Crippen LogP contribution in [0.3, 0.4) is 0 Å². The number of likely N-dealkylation sites (N-methyl/N-ethyl adjacent to an activating group) is 1. The second-order valence-corrected chi connectivity index (χ2v) is 8.42. The molecule has 3 heterocycles. The third kappa shape index (κ3) is 3.73. The fourth-order valence-electron chi connectivity index (χ4n) is 3.81. The molecule has 2 aromatic heterocycles. The predicted octanol–water partition coefficient (Wildman–Crippen LogP) is 3.32. The number of aryl methyl sites for hydroxylation is 1. The number of fused-ring (bicyclic) bond motifs is 1. The predicted molar refractivity (Wildman–Crippen MR) is 122 cm³/mol. The monoisotopic (exact) mass is 439 g/mol. The molecule has 4 rings (SSSR count). The summed E-state index contributed by atoms with van der Waals surface area (Å²) in [5, 5.41) is 10.5. The highest BCUT2D eigenvalue weighted by atomic mass is 32.1. The van der Waals surface area contributed by atoms with Crippen LogP contribution >= 0.6 is 11.3 Å². The number of hydrogen-bond donors (Lipinski definition) is 0. The molecule has 162 valence electrons. The van der Waals surface area contributed by atoms with Crippen LogP contribution in [-0.4, -0.2) is 69.4 Å². The molecule has 1 aliphatic rings. The number of hydrogen-bond acceptors (Lipinski definition) is 9. The van der Waals surface area contributed by atoms with Gasteiger partial charge in [-0.15, -0.1) is 11.3 Å². The standard InChI is InChI=1S/C22H25N5O3S/c1-13-17(12-23)31-22-18(13)21(27-8-6-26(2)7-9-27)24-20(25-22)14-10-15(28-3)19(30-5)16(11-14)29-4/h10-11H,6-9H2,1-5H3. The Kier molecular flexibility index (Phi) is 5.85. The fraction of sp³-hybridized carbons (Fsp3) is 0.409. The van der Waals surface area contributed by atoms with Gasteiger partial charge in [0.05, 0.1) is 26.7 Å². The van der Waals surface area contributed by atoms with Crippen molar-refractivity contribution in [2.45, 2.75) is 6.92 Å². The lowest BCUT2D eigenvalue weighted by Gasteiger charge is -2.33. The van der Waals surface area contributed by atoms with Gasteiger partial charge >= 0.3 is 0 Å². The molecular formula is C22H25N5O3S. The average molecular weight is 440 g/mol. The topological polar surface area (TPSA) is 83.7 Å². The van der Waals surface area contributed by atoms with Crippen LogP contribution in [0.25, 0.3) is 21.6 Å². The number of anilines is 1. The van der Waals surface area contributed by atoms with Crippen LogP contribution in [0.1, 0.15) is 10.4 Å². The summed E-state index contributed by atoms with van der Waals surface area (Å²) < 4.78 is 16.5. The lowest BCUT2D eigenvalue weighted by Crippen LogP contribution is -2.45. The lowest BCUT2D eigenvalue weighted by molar-refractivity contribution is 0.312. The Morgan fingerprint density at radius 3 is 2.19 bits per heavy atom. The largest absolute Gasteiger partial charge is 0.493 e.